The number of amides is 2. The van der Waals surface area contributed by atoms with Gasteiger partial charge in [0.2, 0.25) is 11.8 Å². The maximum absolute atomic E-state index is 13.1. The SMILES string of the molecule is C[C@]12CCC(=O)N1[C@H](C(=O)Nc1ccc(F)c(Cl)c1)CS2. The first-order valence-electron chi connectivity index (χ1n) is 6.63. The Morgan fingerprint density at radius 1 is 1.57 bits per heavy atom. The highest BCUT2D eigenvalue weighted by atomic mass is 35.5. The number of rotatable bonds is 2. The second-order valence-electron chi connectivity index (χ2n) is 5.38. The van der Waals surface area contributed by atoms with E-state index in [4.69, 9.17) is 11.6 Å². The summed E-state index contributed by atoms with van der Waals surface area (Å²) in [6.45, 7) is 1.99. The Bertz CT molecular complexity index is 627. The van der Waals surface area contributed by atoms with E-state index in [1.165, 1.54) is 18.2 Å². The number of nitrogens with zero attached hydrogens (tertiary/aromatic N) is 1. The molecule has 0 unspecified atom stereocenters. The molecule has 2 fully saturated rings. The van der Waals surface area contributed by atoms with Crippen molar-refractivity contribution in [1.29, 1.82) is 0 Å². The lowest BCUT2D eigenvalue weighted by atomic mass is 10.2. The molecule has 0 spiro atoms. The summed E-state index contributed by atoms with van der Waals surface area (Å²) < 4.78 is 13.1. The molecule has 0 aromatic heterocycles. The third kappa shape index (κ3) is 2.51. The maximum atomic E-state index is 13.1. The van der Waals surface area contributed by atoms with Crippen molar-refractivity contribution in [2.45, 2.75) is 30.7 Å². The average molecular weight is 329 g/mol. The minimum atomic E-state index is -0.534. The number of benzene rings is 1. The number of anilines is 1. The summed E-state index contributed by atoms with van der Waals surface area (Å²) in [6.07, 6.45) is 1.25. The van der Waals surface area contributed by atoms with Gasteiger partial charge in [0.15, 0.2) is 0 Å². The van der Waals surface area contributed by atoms with Gasteiger partial charge in [-0.1, -0.05) is 11.6 Å². The van der Waals surface area contributed by atoms with E-state index >= 15 is 0 Å². The fourth-order valence-electron chi connectivity index (χ4n) is 2.81. The molecule has 4 nitrogen and oxygen atoms in total. The van der Waals surface area contributed by atoms with Crippen molar-refractivity contribution in [2.24, 2.45) is 0 Å². The Labute approximate surface area is 131 Å². The Balaban J connectivity index is 1.77. The van der Waals surface area contributed by atoms with Crippen LogP contribution in [0.3, 0.4) is 0 Å². The monoisotopic (exact) mass is 328 g/mol. The first-order chi connectivity index (χ1) is 9.90. The van der Waals surface area contributed by atoms with Gasteiger partial charge in [-0.25, -0.2) is 4.39 Å². The number of carbonyl (C=O) groups is 2. The minimum Gasteiger partial charge on any atom is -0.324 e. The summed E-state index contributed by atoms with van der Waals surface area (Å²) in [5.41, 5.74) is 0.427. The number of halogens is 2. The maximum Gasteiger partial charge on any atom is 0.248 e. The van der Waals surface area contributed by atoms with Crippen molar-refractivity contribution >= 4 is 40.9 Å². The summed E-state index contributed by atoms with van der Waals surface area (Å²) in [5.74, 6) is -0.208. The van der Waals surface area contributed by atoms with Crippen LogP contribution >= 0.6 is 23.4 Å². The van der Waals surface area contributed by atoms with Gasteiger partial charge in [0.25, 0.3) is 0 Å². The number of fused-ring (bicyclic) bond motifs is 1. The van der Waals surface area contributed by atoms with Crippen molar-refractivity contribution in [3.63, 3.8) is 0 Å². The van der Waals surface area contributed by atoms with E-state index in [-0.39, 0.29) is 21.7 Å². The van der Waals surface area contributed by atoms with Crippen molar-refractivity contribution in [2.75, 3.05) is 11.1 Å². The van der Waals surface area contributed by atoms with Crippen molar-refractivity contribution in [1.82, 2.24) is 4.90 Å². The highest BCUT2D eigenvalue weighted by Crippen LogP contribution is 2.47. The van der Waals surface area contributed by atoms with Gasteiger partial charge in [-0.15, -0.1) is 11.8 Å². The fraction of sp³-hybridized carbons (Fsp3) is 0.429. The molecule has 0 radical (unpaired) electrons. The van der Waals surface area contributed by atoms with E-state index in [9.17, 15) is 14.0 Å². The highest BCUT2D eigenvalue weighted by Gasteiger charge is 2.52. The molecule has 2 aliphatic rings. The van der Waals surface area contributed by atoms with Crippen molar-refractivity contribution < 1.29 is 14.0 Å². The Hall–Kier alpha value is -1.27. The molecule has 21 heavy (non-hydrogen) atoms. The van der Waals surface area contributed by atoms with E-state index < -0.39 is 11.9 Å². The van der Waals surface area contributed by atoms with Crippen LogP contribution in [0.1, 0.15) is 19.8 Å². The van der Waals surface area contributed by atoms with E-state index in [1.54, 1.807) is 16.7 Å². The lowest BCUT2D eigenvalue weighted by molar-refractivity contribution is -0.135. The lowest BCUT2D eigenvalue weighted by Crippen LogP contribution is -2.48. The second kappa shape index (κ2) is 5.18. The van der Waals surface area contributed by atoms with Crippen LogP contribution in [0.15, 0.2) is 18.2 Å². The van der Waals surface area contributed by atoms with Crippen LogP contribution in [0, 0.1) is 5.82 Å². The third-order valence-corrected chi connectivity index (χ3v) is 5.73. The number of hydrogen-bond acceptors (Lipinski definition) is 3. The van der Waals surface area contributed by atoms with E-state index in [0.29, 0.717) is 17.9 Å². The molecule has 112 valence electrons. The molecule has 2 atom stereocenters. The predicted molar refractivity (Wildman–Crippen MR) is 80.8 cm³/mol. The zero-order valence-electron chi connectivity index (χ0n) is 11.4. The van der Waals surface area contributed by atoms with Crippen LogP contribution in [-0.2, 0) is 9.59 Å². The number of hydrogen-bond donors (Lipinski definition) is 1. The van der Waals surface area contributed by atoms with Gasteiger partial charge in [0.1, 0.15) is 11.9 Å². The molecule has 0 saturated carbocycles. The second-order valence-corrected chi connectivity index (χ2v) is 7.29. The zero-order valence-corrected chi connectivity index (χ0v) is 12.9. The molecule has 1 N–H and O–H groups in total. The Morgan fingerprint density at radius 2 is 2.33 bits per heavy atom. The molecular weight excluding hydrogens is 315 g/mol. The zero-order chi connectivity index (χ0) is 15.2. The average Bonchev–Trinajstić information content (AvgIpc) is 2.91. The van der Waals surface area contributed by atoms with Gasteiger partial charge < -0.3 is 10.2 Å². The van der Waals surface area contributed by atoms with Gasteiger partial charge in [-0.3, -0.25) is 9.59 Å². The smallest absolute Gasteiger partial charge is 0.248 e. The molecular formula is C14H14ClFN2O2S. The van der Waals surface area contributed by atoms with Crippen LogP contribution in [-0.4, -0.2) is 33.4 Å². The molecule has 2 saturated heterocycles. The van der Waals surface area contributed by atoms with Crippen molar-refractivity contribution in [3.05, 3.63) is 29.0 Å². The first-order valence-corrected chi connectivity index (χ1v) is 7.99. The Kier molecular flexibility index (Phi) is 3.61. The van der Waals surface area contributed by atoms with E-state index in [1.807, 2.05) is 6.92 Å². The van der Waals surface area contributed by atoms with Gasteiger partial charge >= 0.3 is 0 Å². The van der Waals surface area contributed by atoms with E-state index in [0.717, 1.165) is 6.42 Å². The number of thioether (sulfide) groups is 1. The minimum absolute atomic E-state index is 0.0137. The van der Waals surface area contributed by atoms with Crippen molar-refractivity contribution in [3.8, 4) is 0 Å². The summed E-state index contributed by atoms with van der Waals surface area (Å²) in [7, 11) is 0. The number of nitrogens with one attached hydrogen (secondary N) is 1. The summed E-state index contributed by atoms with van der Waals surface area (Å²) in [6, 6.07) is 3.53. The van der Waals surface area contributed by atoms with Crippen LogP contribution in [0.2, 0.25) is 5.02 Å². The molecule has 0 aliphatic carbocycles. The topological polar surface area (TPSA) is 49.4 Å². The van der Waals surface area contributed by atoms with Crippen LogP contribution in [0.4, 0.5) is 10.1 Å². The molecule has 7 heteroatoms. The fourth-order valence-corrected chi connectivity index (χ4v) is 4.43. The number of carbonyl (C=O) groups excluding carboxylic acids is 2. The van der Waals surface area contributed by atoms with E-state index in [2.05, 4.69) is 5.32 Å². The molecule has 0 bridgehead atoms. The highest BCUT2D eigenvalue weighted by molar-refractivity contribution is 8.01. The largest absolute Gasteiger partial charge is 0.324 e. The molecule has 2 aliphatic heterocycles. The predicted octanol–water partition coefficient (Wildman–Crippen LogP) is 2.87. The molecule has 3 rings (SSSR count). The van der Waals surface area contributed by atoms with Crippen LogP contribution in [0.25, 0.3) is 0 Å². The van der Waals surface area contributed by atoms with Gasteiger partial charge in [0.05, 0.1) is 9.89 Å². The van der Waals surface area contributed by atoms with Crippen LogP contribution in [0.5, 0.6) is 0 Å². The Morgan fingerprint density at radius 3 is 3.05 bits per heavy atom. The quantitative estimate of drug-likeness (QED) is 0.908. The molecule has 1 aromatic carbocycles. The van der Waals surface area contributed by atoms with Crippen LogP contribution < -0.4 is 5.32 Å². The summed E-state index contributed by atoms with van der Waals surface area (Å²) >= 11 is 7.33. The summed E-state index contributed by atoms with van der Waals surface area (Å²) in [5, 5.41) is 2.66. The molecule has 1 aromatic rings. The first kappa shape index (κ1) is 14.7. The third-order valence-electron chi connectivity index (χ3n) is 3.93. The van der Waals surface area contributed by atoms with Gasteiger partial charge in [0, 0.05) is 17.9 Å². The normalized spacial score (nSPS) is 27.9. The standard InChI is InChI=1S/C14H14ClFN2O2S/c1-14-5-4-12(19)18(14)11(7-21-14)13(20)17-8-2-3-10(16)9(15)6-8/h2-3,6,11H,4-5,7H2,1H3,(H,17,20)/t11-,14-/m0/s1. The molecule has 2 heterocycles. The lowest BCUT2D eigenvalue weighted by Gasteiger charge is -2.29. The summed E-state index contributed by atoms with van der Waals surface area (Å²) in [4.78, 5) is 25.8. The van der Waals surface area contributed by atoms with Gasteiger partial charge in [-0.05, 0) is 31.5 Å². The molecule has 2 amide bonds. The van der Waals surface area contributed by atoms with Gasteiger partial charge in [-0.2, -0.15) is 0 Å².